The van der Waals surface area contributed by atoms with E-state index in [0.717, 1.165) is 10.0 Å². The minimum absolute atomic E-state index is 0.371. The Morgan fingerprint density at radius 3 is 2.53 bits per heavy atom. The fourth-order valence-electron chi connectivity index (χ4n) is 1.31. The molecule has 0 aliphatic rings. The van der Waals surface area contributed by atoms with Crippen LogP contribution < -0.4 is 4.74 Å². The predicted octanol–water partition coefficient (Wildman–Crippen LogP) is 4.73. The topological polar surface area (TPSA) is 22.1 Å². The third kappa shape index (κ3) is 3.35. The maximum atomic E-state index is 5.99. The van der Waals surface area contributed by atoms with Gasteiger partial charge >= 0.3 is 0 Å². The highest BCUT2D eigenvalue weighted by atomic mass is 79.9. The molecule has 1 heterocycles. The van der Waals surface area contributed by atoms with Crippen molar-refractivity contribution in [3.05, 3.63) is 56.7 Å². The molecule has 0 aliphatic heterocycles. The molecule has 0 aliphatic carbocycles. The Hall–Kier alpha value is -0.770. The number of rotatable bonds is 3. The molecular weight excluding hydrogens is 325 g/mol. The number of aromatic nitrogens is 1. The van der Waals surface area contributed by atoms with Crippen LogP contribution in [0.1, 0.15) is 5.56 Å². The number of pyridine rings is 1. The normalized spacial score (nSPS) is 10.3. The van der Waals surface area contributed by atoms with Gasteiger partial charge in [0, 0.05) is 22.4 Å². The van der Waals surface area contributed by atoms with Crippen LogP contribution in [0.5, 0.6) is 5.75 Å². The van der Waals surface area contributed by atoms with Crippen LogP contribution in [0.25, 0.3) is 0 Å². The molecule has 17 heavy (non-hydrogen) atoms. The van der Waals surface area contributed by atoms with Crippen molar-refractivity contribution in [3.63, 3.8) is 0 Å². The molecule has 0 saturated heterocycles. The van der Waals surface area contributed by atoms with Gasteiger partial charge in [-0.05, 0) is 34.1 Å². The summed E-state index contributed by atoms with van der Waals surface area (Å²) in [5.41, 5.74) is 0.940. The lowest BCUT2D eigenvalue weighted by molar-refractivity contribution is 0.306. The molecule has 88 valence electrons. The number of ether oxygens (including phenoxy) is 1. The van der Waals surface area contributed by atoms with Gasteiger partial charge in [-0.3, -0.25) is 4.98 Å². The van der Waals surface area contributed by atoms with Crippen LogP contribution in [0.3, 0.4) is 0 Å². The number of benzene rings is 1. The van der Waals surface area contributed by atoms with Crippen molar-refractivity contribution < 1.29 is 4.74 Å². The maximum absolute atomic E-state index is 5.99. The Morgan fingerprint density at radius 2 is 1.88 bits per heavy atom. The van der Waals surface area contributed by atoms with Crippen LogP contribution in [0.2, 0.25) is 10.0 Å². The monoisotopic (exact) mass is 331 g/mol. The molecule has 0 radical (unpaired) electrons. The van der Waals surface area contributed by atoms with E-state index in [4.69, 9.17) is 27.9 Å². The van der Waals surface area contributed by atoms with Gasteiger partial charge in [0.25, 0.3) is 0 Å². The minimum Gasteiger partial charge on any atom is -0.486 e. The quantitative estimate of drug-likeness (QED) is 0.810. The average molecular weight is 333 g/mol. The summed E-state index contributed by atoms with van der Waals surface area (Å²) in [6, 6.07) is 7.18. The van der Waals surface area contributed by atoms with Gasteiger partial charge in [-0.2, -0.15) is 0 Å². The van der Waals surface area contributed by atoms with Crippen molar-refractivity contribution in [2.45, 2.75) is 6.61 Å². The van der Waals surface area contributed by atoms with Crippen LogP contribution in [0.15, 0.2) is 41.1 Å². The molecule has 0 bridgehead atoms. The SMILES string of the molecule is Clc1cccc(Cl)c1OCc1cncc(Br)c1. The van der Waals surface area contributed by atoms with Gasteiger partial charge in [-0.1, -0.05) is 29.3 Å². The van der Waals surface area contributed by atoms with E-state index >= 15 is 0 Å². The van der Waals surface area contributed by atoms with Crippen molar-refractivity contribution in [3.8, 4) is 5.75 Å². The zero-order valence-electron chi connectivity index (χ0n) is 8.66. The summed E-state index contributed by atoms with van der Waals surface area (Å²) in [6.45, 7) is 0.371. The second-order valence-corrected chi connectivity index (χ2v) is 5.08. The van der Waals surface area contributed by atoms with Crippen LogP contribution in [-0.4, -0.2) is 4.98 Å². The standard InChI is InChI=1S/C12H8BrCl2NO/c13-9-4-8(5-16-6-9)7-17-12-10(14)2-1-3-11(12)15/h1-6H,7H2. The number of nitrogens with zero attached hydrogens (tertiary/aromatic N) is 1. The Morgan fingerprint density at radius 1 is 1.18 bits per heavy atom. The van der Waals surface area contributed by atoms with E-state index in [-0.39, 0.29) is 0 Å². The molecule has 0 unspecified atom stereocenters. The van der Waals surface area contributed by atoms with E-state index in [1.54, 1.807) is 30.6 Å². The van der Waals surface area contributed by atoms with Crippen molar-refractivity contribution >= 4 is 39.1 Å². The summed E-state index contributed by atoms with van der Waals surface area (Å²) in [5, 5.41) is 1.00. The number of halogens is 3. The lowest BCUT2D eigenvalue weighted by atomic mass is 10.3. The Labute approximate surface area is 118 Å². The first-order valence-corrected chi connectivity index (χ1v) is 6.38. The molecule has 0 spiro atoms. The third-order valence-electron chi connectivity index (χ3n) is 2.06. The van der Waals surface area contributed by atoms with Gasteiger partial charge in [0.1, 0.15) is 6.61 Å². The second-order valence-electron chi connectivity index (χ2n) is 3.35. The lowest BCUT2D eigenvalue weighted by Crippen LogP contribution is -1.97. The smallest absolute Gasteiger partial charge is 0.156 e. The molecule has 0 fully saturated rings. The summed E-state index contributed by atoms with van der Waals surface area (Å²) >= 11 is 15.3. The fraction of sp³-hybridized carbons (Fsp3) is 0.0833. The van der Waals surface area contributed by atoms with Gasteiger partial charge in [0.05, 0.1) is 10.0 Å². The molecule has 0 N–H and O–H groups in total. The average Bonchev–Trinajstić information content (AvgIpc) is 2.28. The first-order chi connectivity index (χ1) is 8.16. The van der Waals surface area contributed by atoms with Gasteiger partial charge in [0.15, 0.2) is 5.75 Å². The van der Waals surface area contributed by atoms with Crippen molar-refractivity contribution in [2.75, 3.05) is 0 Å². The van der Waals surface area contributed by atoms with E-state index in [9.17, 15) is 0 Å². The largest absolute Gasteiger partial charge is 0.486 e. The van der Waals surface area contributed by atoms with Crippen LogP contribution in [0.4, 0.5) is 0 Å². The molecule has 0 saturated carbocycles. The molecular formula is C12H8BrCl2NO. The van der Waals surface area contributed by atoms with Crippen molar-refractivity contribution in [1.29, 1.82) is 0 Å². The Balaban J connectivity index is 2.13. The summed E-state index contributed by atoms with van der Waals surface area (Å²) in [4.78, 5) is 4.05. The number of para-hydroxylation sites is 1. The third-order valence-corrected chi connectivity index (χ3v) is 3.09. The van der Waals surface area contributed by atoms with Gasteiger partial charge in [0.2, 0.25) is 0 Å². The highest BCUT2D eigenvalue weighted by molar-refractivity contribution is 9.10. The first kappa shape index (κ1) is 12.7. The zero-order chi connectivity index (χ0) is 12.3. The molecule has 1 aromatic heterocycles. The predicted molar refractivity (Wildman–Crippen MR) is 72.7 cm³/mol. The van der Waals surface area contributed by atoms with Crippen molar-refractivity contribution in [1.82, 2.24) is 4.98 Å². The Kier molecular flexibility index (Phi) is 4.26. The van der Waals surface area contributed by atoms with Gasteiger partial charge < -0.3 is 4.74 Å². The molecule has 2 nitrogen and oxygen atoms in total. The van der Waals surface area contributed by atoms with Crippen molar-refractivity contribution in [2.24, 2.45) is 0 Å². The number of hydrogen-bond acceptors (Lipinski definition) is 2. The lowest BCUT2D eigenvalue weighted by Gasteiger charge is -2.09. The summed E-state index contributed by atoms with van der Waals surface area (Å²) in [6.07, 6.45) is 3.45. The molecule has 0 amide bonds. The second kappa shape index (κ2) is 5.71. The fourth-order valence-corrected chi connectivity index (χ4v) is 2.23. The van der Waals surface area contributed by atoms with E-state index in [1.165, 1.54) is 0 Å². The molecule has 2 aromatic rings. The zero-order valence-corrected chi connectivity index (χ0v) is 11.8. The molecule has 0 atom stereocenters. The molecule has 2 rings (SSSR count). The first-order valence-electron chi connectivity index (χ1n) is 4.83. The van der Waals surface area contributed by atoms with E-state index in [1.807, 2.05) is 6.07 Å². The number of hydrogen-bond donors (Lipinski definition) is 0. The van der Waals surface area contributed by atoms with Gasteiger partial charge in [-0.25, -0.2) is 0 Å². The highest BCUT2D eigenvalue weighted by Gasteiger charge is 2.06. The van der Waals surface area contributed by atoms with Crippen LogP contribution in [0, 0.1) is 0 Å². The van der Waals surface area contributed by atoms with Crippen LogP contribution >= 0.6 is 39.1 Å². The van der Waals surface area contributed by atoms with E-state index in [0.29, 0.717) is 22.4 Å². The minimum atomic E-state index is 0.371. The highest BCUT2D eigenvalue weighted by Crippen LogP contribution is 2.32. The molecule has 1 aromatic carbocycles. The van der Waals surface area contributed by atoms with E-state index < -0.39 is 0 Å². The van der Waals surface area contributed by atoms with Crippen LogP contribution in [-0.2, 0) is 6.61 Å². The molecule has 5 heteroatoms. The van der Waals surface area contributed by atoms with E-state index in [2.05, 4.69) is 20.9 Å². The van der Waals surface area contributed by atoms with Gasteiger partial charge in [-0.15, -0.1) is 0 Å². The summed E-state index contributed by atoms with van der Waals surface area (Å²) in [7, 11) is 0. The Bertz CT molecular complexity index is 513. The summed E-state index contributed by atoms with van der Waals surface area (Å²) < 4.78 is 6.49. The summed E-state index contributed by atoms with van der Waals surface area (Å²) in [5.74, 6) is 0.496. The maximum Gasteiger partial charge on any atom is 0.156 e.